The fourth-order valence-electron chi connectivity index (χ4n) is 2.62. The highest BCUT2D eigenvalue weighted by Crippen LogP contribution is 2.22. The number of aryl methyl sites for hydroxylation is 2. The molecule has 148 valence electrons. The first-order valence-electron chi connectivity index (χ1n) is 8.70. The molecule has 5 nitrogen and oxygen atoms in total. The van der Waals surface area contributed by atoms with Gasteiger partial charge in [-0.3, -0.25) is 4.79 Å². The molecule has 0 unspecified atom stereocenters. The molecule has 0 saturated heterocycles. The summed E-state index contributed by atoms with van der Waals surface area (Å²) in [4.78, 5) is 10.1. The second-order valence-corrected chi connectivity index (χ2v) is 7.79. The van der Waals surface area contributed by atoms with Crippen molar-refractivity contribution >= 4 is 28.9 Å². The highest BCUT2D eigenvalue weighted by Gasteiger charge is 2.10. The van der Waals surface area contributed by atoms with Crippen LogP contribution in [0.25, 0.3) is 10.9 Å². The molecule has 1 heterocycles. The van der Waals surface area contributed by atoms with Crippen LogP contribution in [0.2, 0.25) is 0 Å². The van der Waals surface area contributed by atoms with E-state index in [1.807, 2.05) is 0 Å². The van der Waals surface area contributed by atoms with Crippen molar-refractivity contribution in [3.05, 3.63) is 35.5 Å². The summed E-state index contributed by atoms with van der Waals surface area (Å²) in [6.07, 6.45) is 5.76. The van der Waals surface area contributed by atoms with Crippen LogP contribution in [0.15, 0.2) is 24.4 Å². The topological polar surface area (TPSA) is 88.5 Å². The zero-order valence-electron chi connectivity index (χ0n) is 16.9. The van der Waals surface area contributed by atoms with Crippen molar-refractivity contribution in [1.29, 1.82) is 0 Å². The van der Waals surface area contributed by atoms with Crippen molar-refractivity contribution in [1.82, 2.24) is 4.57 Å². The second-order valence-electron chi connectivity index (χ2n) is 7.43. The van der Waals surface area contributed by atoms with E-state index >= 15 is 0 Å². The van der Waals surface area contributed by atoms with Crippen LogP contribution in [0, 0.1) is 12.3 Å². The summed E-state index contributed by atoms with van der Waals surface area (Å²) in [5.41, 5.74) is 9.76. The number of fused-ring (bicyclic) bond motifs is 1. The van der Waals surface area contributed by atoms with E-state index in [0.717, 1.165) is 24.9 Å². The van der Waals surface area contributed by atoms with Crippen LogP contribution in [0.5, 0.6) is 0 Å². The standard InChI is InChI=1S/C11H14N2.C8H16O2.CH4OS/c1-8-3-4-9(7-12)10-5-6-13(2)11(8)10;1-8(2,3)6-4-5-7(9)10;1-3-2/h3-6H,7,12H2,1-2H3;4-6H2,1-3H3,(H,9,10);2H,1H3. The minimum Gasteiger partial charge on any atom is -0.481 e. The maximum absolute atomic E-state index is 10.1. The predicted octanol–water partition coefficient (Wildman–Crippen LogP) is 5.06. The lowest BCUT2D eigenvalue weighted by molar-refractivity contribution is -0.137. The van der Waals surface area contributed by atoms with Gasteiger partial charge in [-0.05, 0) is 54.4 Å². The Kier molecular flexibility index (Phi) is 11.3. The molecule has 2 aromatic rings. The molecule has 6 heteroatoms. The van der Waals surface area contributed by atoms with Crippen molar-refractivity contribution < 1.29 is 14.5 Å². The Bertz CT molecular complexity index is 675. The van der Waals surface area contributed by atoms with Crippen LogP contribution in [0.1, 0.15) is 51.2 Å². The number of benzene rings is 1. The summed E-state index contributed by atoms with van der Waals surface area (Å²) in [6, 6.07) is 6.37. The minimum atomic E-state index is -0.691. The first-order chi connectivity index (χ1) is 12.1. The predicted molar refractivity (Wildman–Crippen MR) is 113 cm³/mol. The quantitative estimate of drug-likeness (QED) is 0.644. The molecule has 0 aliphatic heterocycles. The highest BCUT2D eigenvalue weighted by molar-refractivity contribution is 7.93. The van der Waals surface area contributed by atoms with Gasteiger partial charge in [-0.2, -0.15) is 0 Å². The lowest BCUT2D eigenvalue weighted by Gasteiger charge is -2.16. The molecule has 26 heavy (non-hydrogen) atoms. The first-order valence-corrected chi connectivity index (χ1v) is 9.88. The molecular formula is C20H34N2O3S. The molecular weight excluding hydrogens is 348 g/mol. The average Bonchev–Trinajstić information content (AvgIpc) is 2.90. The molecule has 0 fully saturated rings. The number of nitrogens with zero attached hydrogens (tertiary/aromatic N) is 1. The molecule has 1 aromatic carbocycles. The van der Waals surface area contributed by atoms with Crippen molar-refractivity contribution in [2.45, 2.75) is 53.5 Å². The summed E-state index contributed by atoms with van der Waals surface area (Å²) in [6.45, 7) is 9.10. The fourth-order valence-corrected chi connectivity index (χ4v) is 2.62. The van der Waals surface area contributed by atoms with E-state index < -0.39 is 5.97 Å². The molecule has 1 aromatic heterocycles. The number of carbonyl (C=O) groups is 1. The van der Waals surface area contributed by atoms with E-state index in [9.17, 15) is 4.79 Å². The zero-order chi connectivity index (χ0) is 20.3. The van der Waals surface area contributed by atoms with E-state index in [2.05, 4.69) is 63.7 Å². The normalized spacial score (nSPS) is 10.6. The van der Waals surface area contributed by atoms with Crippen molar-refractivity contribution in [3.63, 3.8) is 0 Å². The van der Waals surface area contributed by atoms with Gasteiger partial charge < -0.3 is 20.0 Å². The van der Waals surface area contributed by atoms with Gasteiger partial charge in [0, 0.05) is 37.9 Å². The summed E-state index contributed by atoms with van der Waals surface area (Å²) in [5, 5.41) is 9.59. The summed E-state index contributed by atoms with van der Waals surface area (Å²) >= 11 is 0.750. The van der Waals surface area contributed by atoms with E-state index in [1.165, 1.54) is 22.0 Å². The number of aliphatic carboxylic acids is 1. The van der Waals surface area contributed by atoms with E-state index in [4.69, 9.17) is 15.4 Å². The summed E-state index contributed by atoms with van der Waals surface area (Å²) < 4.78 is 9.63. The Balaban J connectivity index is 0.000000432. The van der Waals surface area contributed by atoms with Crippen LogP contribution in [0.3, 0.4) is 0 Å². The summed E-state index contributed by atoms with van der Waals surface area (Å²) in [7, 11) is 2.07. The number of carboxylic acids is 1. The first kappa shape index (κ1) is 24.5. The van der Waals surface area contributed by atoms with E-state index in [0.29, 0.717) is 13.0 Å². The fraction of sp³-hybridized carbons (Fsp3) is 0.550. The van der Waals surface area contributed by atoms with Crippen LogP contribution < -0.4 is 5.73 Å². The maximum Gasteiger partial charge on any atom is 0.303 e. The number of rotatable bonds is 4. The molecule has 0 amide bonds. The van der Waals surface area contributed by atoms with Gasteiger partial charge >= 0.3 is 5.97 Å². The smallest absolute Gasteiger partial charge is 0.303 e. The molecule has 0 aliphatic carbocycles. The van der Waals surface area contributed by atoms with Crippen LogP contribution in [0.4, 0.5) is 0 Å². The van der Waals surface area contributed by atoms with Crippen LogP contribution >= 0.6 is 12.0 Å². The lowest BCUT2D eigenvalue weighted by Crippen LogP contribution is -2.05. The Labute approximate surface area is 161 Å². The van der Waals surface area contributed by atoms with Gasteiger partial charge in [-0.15, -0.1) is 0 Å². The van der Waals surface area contributed by atoms with E-state index in [1.54, 1.807) is 6.26 Å². The Morgan fingerprint density at radius 3 is 2.31 bits per heavy atom. The van der Waals surface area contributed by atoms with Crippen LogP contribution in [-0.2, 0) is 18.4 Å². The van der Waals surface area contributed by atoms with Crippen LogP contribution in [-0.4, -0.2) is 26.5 Å². The van der Waals surface area contributed by atoms with Gasteiger partial charge in [0.15, 0.2) is 0 Å². The van der Waals surface area contributed by atoms with Gasteiger partial charge in [0.05, 0.1) is 5.52 Å². The number of nitrogens with two attached hydrogens (primary N) is 1. The molecule has 0 spiro atoms. The average molecular weight is 383 g/mol. The van der Waals surface area contributed by atoms with Crippen molar-refractivity contribution in [2.24, 2.45) is 18.2 Å². The zero-order valence-corrected chi connectivity index (χ0v) is 17.7. The molecule has 0 bridgehead atoms. The van der Waals surface area contributed by atoms with Gasteiger partial charge in [-0.25, -0.2) is 0 Å². The Hall–Kier alpha value is -1.50. The Morgan fingerprint density at radius 2 is 1.85 bits per heavy atom. The number of carboxylic acid groups (broad SMARTS) is 1. The third kappa shape index (κ3) is 9.27. The molecule has 0 saturated carbocycles. The Morgan fingerprint density at radius 1 is 1.27 bits per heavy atom. The molecule has 0 aliphatic rings. The number of hydrogen-bond acceptors (Lipinski definition) is 4. The largest absolute Gasteiger partial charge is 0.481 e. The summed E-state index contributed by atoms with van der Waals surface area (Å²) in [5.74, 6) is -0.691. The molecule has 0 atom stereocenters. The van der Waals surface area contributed by atoms with Gasteiger partial charge in [0.1, 0.15) is 0 Å². The third-order valence-corrected chi connectivity index (χ3v) is 3.86. The van der Waals surface area contributed by atoms with Crippen molar-refractivity contribution in [2.75, 3.05) is 6.26 Å². The molecule has 4 N–H and O–H groups in total. The monoisotopic (exact) mass is 382 g/mol. The van der Waals surface area contributed by atoms with Crippen molar-refractivity contribution in [3.8, 4) is 0 Å². The number of aromatic nitrogens is 1. The SMILES string of the molecule is CC(C)(C)CCCC(=O)O.CSO.Cc1ccc(CN)c2ccn(C)c12. The van der Waals surface area contributed by atoms with Gasteiger partial charge in [0.25, 0.3) is 0 Å². The highest BCUT2D eigenvalue weighted by atomic mass is 32.2. The lowest BCUT2D eigenvalue weighted by atomic mass is 9.90. The number of hydrogen-bond donors (Lipinski definition) is 3. The van der Waals surface area contributed by atoms with Gasteiger partial charge in [0.2, 0.25) is 0 Å². The maximum atomic E-state index is 10.1. The molecule has 0 radical (unpaired) electrons. The second kappa shape index (κ2) is 12.0. The van der Waals surface area contributed by atoms with Gasteiger partial charge in [-0.1, -0.05) is 32.9 Å². The van der Waals surface area contributed by atoms with E-state index in [-0.39, 0.29) is 5.41 Å². The minimum absolute atomic E-state index is 0.273. The molecule has 2 rings (SSSR count). The third-order valence-electron chi connectivity index (χ3n) is 3.86.